The lowest BCUT2D eigenvalue weighted by molar-refractivity contribution is 0.414. The van der Waals surface area contributed by atoms with Crippen molar-refractivity contribution >= 4 is 21.6 Å². The Balaban J connectivity index is 1.98. The molecule has 3 rings (SSSR count). The summed E-state index contributed by atoms with van der Waals surface area (Å²) in [6.07, 6.45) is 3.35. The summed E-state index contributed by atoms with van der Waals surface area (Å²) in [5.74, 6) is 1.48. The molecule has 0 unspecified atom stereocenters. The van der Waals surface area contributed by atoms with Crippen LogP contribution in [-0.4, -0.2) is 22.2 Å². The molecule has 2 heterocycles. The Kier molecular flexibility index (Phi) is 3.57. The SMILES string of the molecule is COc1ccc(-c2nc(-c3cncc(Br)c3)no2)c(N)c1. The van der Waals surface area contributed by atoms with Crippen molar-refractivity contribution in [1.82, 2.24) is 15.1 Å². The summed E-state index contributed by atoms with van der Waals surface area (Å²) in [4.78, 5) is 8.42. The third-order valence-corrected chi connectivity index (χ3v) is 3.31. The van der Waals surface area contributed by atoms with Gasteiger partial charge in [0.1, 0.15) is 5.75 Å². The molecule has 0 aliphatic rings. The van der Waals surface area contributed by atoms with E-state index in [0.717, 1.165) is 10.0 Å². The Morgan fingerprint density at radius 2 is 2.10 bits per heavy atom. The third kappa shape index (κ3) is 2.73. The standard InChI is InChI=1S/C14H11BrN4O2/c1-20-10-2-3-11(12(16)5-10)14-18-13(19-21-14)8-4-9(15)7-17-6-8/h2-7H,16H2,1H3. The number of nitrogen functional groups attached to an aromatic ring is 1. The van der Waals surface area contributed by atoms with Crippen LogP contribution in [0.1, 0.15) is 0 Å². The number of rotatable bonds is 3. The minimum Gasteiger partial charge on any atom is -0.497 e. The van der Waals surface area contributed by atoms with Gasteiger partial charge in [-0.3, -0.25) is 4.98 Å². The highest BCUT2D eigenvalue weighted by Gasteiger charge is 2.14. The number of halogens is 1. The summed E-state index contributed by atoms with van der Waals surface area (Å²) in [6.45, 7) is 0. The summed E-state index contributed by atoms with van der Waals surface area (Å²) in [5, 5.41) is 3.95. The van der Waals surface area contributed by atoms with Gasteiger partial charge in [0, 0.05) is 34.2 Å². The number of hydrogen-bond donors (Lipinski definition) is 1. The number of benzene rings is 1. The molecule has 0 radical (unpaired) electrons. The van der Waals surface area contributed by atoms with Crippen LogP contribution in [0.25, 0.3) is 22.8 Å². The maximum atomic E-state index is 5.97. The largest absolute Gasteiger partial charge is 0.497 e. The second-order valence-electron chi connectivity index (χ2n) is 4.27. The van der Waals surface area contributed by atoms with E-state index in [0.29, 0.717) is 28.7 Å². The third-order valence-electron chi connectivity index (χ3n) is 2.88. The quantitative estimate of drug-likeness (QED) is 0.733. The minimum absolute atomic E-state index is 0.352. The Morgan fingerprint density at radius 1 is 1.24 bits per heavy atom. The van der Waals surface area contributed by atoms with E-state index in [1.165, 1.54) is 0 Å². The van der Waals surface area contributed by atoms with Crippen LogP contribution < -0.4 is 10.5 Å². The number of nitrogens with two attached hydrogens (primary N) is 1. The zero-order valence-corrected chi connectivity index (χ0v) is 12.7. The Morgan fingerprint density at radius 3 is 2.81 bits per heavy atom. The number of methoxy groups -OCH3 is 1. The van der Waals surface area contributed by atoms with E-state index < -0.39 is 0 Å². The zero-order valence-electron chi connectivity index (χ0n) is 11.1. The van der Waals surface area contributed by atoms with Crippen molar-refractivity contribution in [3.8, 4) is 28.6 Å². The molecule has 2 aromatic heterocycles. The second-order valence-corrected chi connectivity index (χ2v) is 5.18. The summed E-state index contributed by atoms with van der Waals surface area (Å²) in [7, 11) is 1.58. The molecule has 2 N–H and O–H groups in total. The highest BCUT2D eigenvalue weighted by molar-refractivity contribution is 9.10. The van der Waals surface area contributed by atoms with Crippen molar-refractivity contribution in [2.75, 3.05) is 12.8 Å². The van der Waals surface area contributed by atoms with Crippen LogP contribution in [-0.2, 0) is 0 Å². The lowest BCUT2D eigenvalue weighted by Gasteiger charge is -2.03. The minimum atomic E-state index is 0.352. The molecule has 7 heteroatoms. The first-order valence-corrected chi connectivity index (χ1v) is 6.85. The number of aromatic nitrogens is 3. The van der Waals surface area contributed by atoms with Crippen LogP contribution in [0, 0.1) is 0 Å². The summed E-state index contributed by atoms with van der Waals surface area (Å²) in [6, 6.07) is 7.14. The number of pyridine rings is 1. The smallest absolute Gasteiger partial charge is 0.260 e. The zero-order chi connectivity index (χ0) is 14.8. The first kappa shape index (κ1) is 13.6. The van der Waals surface area contributed by atoms with Crippen molar-refractivity contribution in [3.63, 3.8) is 0 Å². The fourth-order valence-electron chi connectivity index (χ4n) is 1.85. The molecule has 106 valence electrons. The first-order chi connectivity index (χ1) is 10.2. The second kappa shape index (κ2) is 5.53. The summed E-state index contributed by atoms with van der Waals surface area (Å²) in [5.41, 5.74) is 7.90. The van der Waals surface area contributed by atoms with Crippen LogP contribution in [0.15, 0.2) is 45.7 Å². The van der Waals surface area contributed by atoms with Gasteiger partial charge in [0.25, 0.3) is 5.89 Å². The van der Waals surface area contributed by atoms with Gasteiger partial charge in [-0.1, -0.05) is 5.16 Å². The van der Waals surface area contributed by atoms with E-state index >= 15 is 0 Å². The molecular weight excluding hydrogens is 336 g/mol. The van der Waals surface area contributed by atoms with E-state index in [4.69, 9.17) is 15.0 Å². The predicted molar refractivity (Wildman–Crippen MR) is 81.6 cm³/mol. The Labute approximate surface area is 129 Å². The first-order valence-electron chi connectivity index (χ1n) is 6.06. The fraction of sp³-hybridized carbons (Fsp3) is 0.0714. The normalized spacial score (nSPS) is 10.6. The lowest BCUT2D eigenvalue weighted by Crippen LogP contribution is -1.92. The molecule has 0 saturated carbocycles. The highest BCUT2D eigenvalue weighted by Crippen LogP contribution is 2.29. The van der Waals surface area contributed by atoms with Crippen LogP contribution in [0.3, 0.4) is 0 Å². The molecule has 0 saturated heterocycles. The van der Waals surface area contributed by atoms with E-state index in [-0.39, 0.29) is 0 Å². The van der Waals surface area contributed by atoms with Crippen LogP contribution in [0.2, 0.25) is 0 Å². The van der Waals surface area contributed by atoms with Crippen molar-refractivity contribution in [2.24, 2.45) is 0 Å². The van der Waals surface area contributed by atoms with Gasteiger partial charge in [-0.2, -0.15) is 4.98 Å². The van der Waals surface area contributed by atoms with Crippen molar-refractivity contribution in [3.05, 3.63) is 41.1 Å². The summed E-state index contributed by atoms with van der Waals surface area (Å²) < 4.78 is 11.2. The molecule has 0 fully saturated rings. The molecule has 3 aromatic rings. The van der Waals surface area contributed by atoms with Gasteiger partial charge in [0.15, 0.2) is 0 Å². The van der Waals surface area contributed by atoms with Gasteiger partial charge in [0.2, 0.25) is 5.82 Å². The average Bonchev–Trinajstić information content (AvgIpc) is 2.96. The lowest BCUT2D eigenvalue weighted by atomic mass is 10.1. The number of ether oxygens (including phenoxy) is 1. The topological polar surface area (TPSA) is 87.1 Å². The number of anilines is 1. The Bertz CT molecular complexity index is 788. The molecule has 21 heavy (non-hydrogen) atoms. The molecule has 1 aromatic carbocycles. The van der Waals surface area contributed by atoms with E-state index in [1.807, 2.05) is 6.07 Å². The Hall–Kier alpha value is -2.41. The van der Waals surface area contributed by atoms with Crippen molar-refractivity contribution in [2.45, 2.75) is 0 Å². The molecule has 0 amide bonds. The van der Waals surface area contributed by atoms with Gasteiger partial charge >= 0.3 is 0 Å². The van der Waals surface area contributed by atoms with Crippen LogP contribution >= 0.6 is 15.9 Å². The number of hydrogen-bond acceptors (Lipinski definition) is 6. The summed E-state index contributed by atoms with van der Waals surface area (Å²) >= 11 is 3.36. The molecule has 0 aliphatic carbocycles. The molecule has 0 atom stereocenters. The molecule has 0 spiro atoms. The molecular formula is C14H11BrN4O2. The van der Waals surface area contributed by atoms with Gasteiger partial charge < -0.3 is 15.0 Å². The fourth-order valence-corrected chi connectivity index (χ4v) is 2.21. The van der Waals surface area contributed by atoms with Gasteiger partial charge in [-0.15, -0.1) is 0 Å². The van der Waals surface area contributed by atoms with Crippen LogP contribution in [0.5, 0.6) is 5.75 Å². The maximum Gasteiger partial charge on any atom is 0.260 e. The van der Waals surface area contributed by atoms with Crippen LogP contribution in [0.4, 0.5) is 5.69 Å². The van der Waals surface area contributed by atoms with Crippen molar-refractivity contribution < 1.29 is 9.26 Å². The van der Waals surface area contributed by atoms with Gasteiger partial charge in [-0.25, -0.2) is 0 Å². The molecule has 0 bridgehead atoms. The monoisotopic (exact) mass is 346 g/mol. The van der Waals surface area contributed by atoms with Gasteiger partial charge in [-0.05, 0) is 34.1 Å². The van der Waals surface area contributed by atoms with E-state index in [2.05, 4.69) is 31.1 Å². The maximum absolute atomic E-state index is 5.97. The van der Waals surface area contributed by atoms with Crippen molar-refractivity contribution in [1.29, 1.82) is 0 Å². The average molecular weight is 347 g/mol. The van der Waals surface area contributed by atoms with E-state index in [1.54, 1.807) is 37.7 Å². The molecule has 0 aliphatic heterocycles. The van der Waals surface area contributed by atoms with Gasteiger partial charge in [0.05, 0.1) is 12.7 Å². The predicted octanol–water partition coefficient (Wildman–Crippen LogP) is 3.15. The molecule has 6 nitrogen and oxygen atoms in total. The highest BCUT2D eigenvalue weighted by atomic mass is 79.9. The van der Waals surface area contributed by atoms with E-state index in [9.17, 15) is 0 Å². The number of nitrogens with zero attached hydrogens (tertiary/aromatic N) is 3.